The van der Waals surface area contributed by atoms with E-state index >= 15 is 0 Å². The Labute approximate surface area is 182 Å². The summed E-state index contributed by atoms with van der Waals surface area (Å²) in [5.41, 5.74) is 1.37. The topological polar surface area (TPSA) is 80.2 Å². The molecule has 0 spiro atoms. The highest BCUT2D eigenvalue weighted by Crippen LogP contribution is 2.16. The number of ether oxygens (including phenoxy) is 1. The molecule has 0 bridgehead atoms. The molecule has 0 aliphatic heterocycles. The number of carbonyl (C=O) groups excluding carboxylic acids is 2. The van der Waals surface area contributed by atoms with Crippen LogP contribution >= 0.6 is 11.6 Å². The zero-order chi connectivity index (χ0) is 20.4. The van der Waals surface area contributed by atoms with E-state index < -0.39 is 6.10 Å². The molecule has 0 aliphatic rings. The lowest BCUT2D eigenvalue weighted by Crippen LogP contribution is -3.00. The van der Waals surface area contributed by atoms with Crippen molar-refractivity contribution in [2.45, 2.75) is 38.3 Å². The summed E-state index contributed by atoms with van der Waals surface area (Å²) in [7, 11) is 0. The Morgan fingerprint density at radius 2 is 1.83 bits per heavy atom. The van der Waals surface area contributed by atoms with Gasteiger partial charge in [-0.15, -0.1) is 11.6 Å². The number of aliphatic hydroxyl groups is 1. The maximum Gasteiger partial charge on any atom is 0.311 e. The van der Waals surface area contributed by atoms with Crippen molar-refractivity contribution in [2.24, 2.45) is 0 Å². The maximum atomic E-state index is 12.4. The fourth-order valence-electron chi connectivity index (χ4n) is 2.83. The summed E-state index contributed by atoms with van der Waals surface area (Å²) in [5.74, 6) is 0.377. The Kier molecular flexibility index (Phi) is 11.5. The van der Waals surface area contributed by atoms with Crippen LogP contribution in [0.2, 0.25) is 0 Å². The Balaban J connectivity index is 0.00000420. The zero-order valence-electron chi connectivity index (χ0n) is 16.4. The number of hydrogen-bond donors (Lipinski definition) is 2. The second kappa shape index (κ2) is 13.3. The van der Waals surface area contributed by atoms with E-state index in [0.717, 1.165) is 5.56 Å². The van der Waals surface area contributed by atoms with Crippen molar-refractivity contribution in [3.8, 4) is 5.75 Å². The van der Waals surface area contributed by atoms with Gasteiger partial charge in [-0.05, 0) is 31.0 Å². The van der Waals surface area contributed by atoms with Crippen LogP contribution < -0.4 is 22.5 Å². The van der Waals surface area contributed by atoms with Crippen LogP contribution in [0.5, 0.6) is 5.75 Å². The van der Waals surface area contributed by atoms with Crippen molar-refractivity contribution in [1.29, 1.82) is 0 Å². The number of benzene rings is 2. The molecule has 0 fully saturated rings. The first kappa shape index (κ1) is 25.1. The summed E-state index contributed by atoms with van der Waals surface area (Å²) < 4.78 is 5.24. The molecule has 5 nitrogen and oxygen atoms in total. The van der Waals surface area contributed by atoms with E-state index in [2.05, 4.69) is 0 Å². The fourth-order valence-corrected chi connectivity index (χ4v) is 2.96. The summed E-state index contributed by atoms with van der Waals surface area (Å²) in [4.78, 5) is 24.1. The highest BCUT2D eigenvalue weighted by molar-refractivity contribution is 6.17. The van der Waals surface area contributed by atoms with Crippen LogP contribution in [0.25, 0.3) is 0 Å². The van der Waals surface area contributed by atoms with Crippen LogP contribution in [0.1, 0.15) is 48.2 Å². The van der Waals surface area contributed by atoms with Gasteiger partial charge in [0.25, 0.3) is 0 Å². The molecule has 2 rings (SSSR count). The van der Waals surface area contributed by atoms with E-state index in [0.29, 0.717) is 36.6 Å². The van der Waals surface area contributed by atoms with Crippen molar-refractivity contribution in [1.82, 2.24) is 0 Å². The van der Waals surface area contributed by atoms with Gasteiger partial charge in [-0.25, -0.2) is 0 Å². The maximum absolute atomic E-state index is 12.4. The summed E-state index contributed by atoms with van der Waals surface area (Å²) in [5, 5.41) is 12.3. The number of quaternary nitrogens is 1. The number of esters is 1. The van der Waals surface area contributed by atoms with Gasteiger partial charge in [-0.1, -0.05) is 42.5 Å². The van der Waals surface area contributed by atoms with Crippen molar-refractivity contribution < 1.29 is 37.2 Å². The Morgan fingerprint density at radius 3 is 2.52 bits per heavy atom. The largest absolute Gasteiger partial charge is 1.00 e. The van der Waals surface area contributed by atoms with Crippen LogP contribution in [0.3, 0.4) is 0 Å². The minimum Gasteiger partial charge on any atom is -1.00 e. The van der Waals surface area contributed by atoms with E-state index in [4.69, 9.17) is 16.3 Å². The monoisotopic (exact) mass is 439 g/mol. The standard InChI is InChI=1S/C22H26ClNO4.ClH/c1-16(22(27)17-7-3-2-4-8-17)24-14-12-20(25)18-9-5-10-19(15-18)28-21(26)11-6-13-23;/h2-5,7-10,15-16,22,24,27H,6,11-14H2,1H3;1H. The molecule has 2 aromatic carbocycles. The number of alkyl halides is 1. The van der Waals surface area contributed by atoms with Gasteiger partial charge in [0.05, 0.1) is 13.0 Å². The van der Waals surface area contributed by atoms with Crippen LogP contribution in [-0.4, -0.2) is 35.3 Å². The smallest absolute Gasteiger partial charge is 0.311 e. The highest BCUT2D eigenvalue weighted by Gasteiger charge is 2.19. The normalized spacial score (nSPS) is 12.5. The van der Waals surface area contributed by atoms with Gasteiger partial charge in [0.1, 0.15) is 17.9 Å². The zero-order valence-corrected chi connectivity index (χ0v) is 17.9. The summed E-state index contributed by atoms with van der Waals surface area (Å²) in [6, 6.07) is 16.1. The first-order valence-electron chi connectivity index (χ1n) is 9.47. The lowest BCUT2D eigenvalue weighted by atomic mass is 10.0. The predicted octanol–water partition coefficient (Wildman–Crippen LogP) is -0.127. The third-order valence-corrected chi connectivity index (χ3v) is 4.72. The minimum absolute atomic E-state index is 0. The second-order valence-electron chi connectivity index (χ2n) is 6.71. The number of aliphatic hydroxyl groups excluding tert-OH is 1. The molecule has 0 radical (unpaired) electrons. The SMILES string of the molecule is CC([NH2+]CCC(=O)c1cccc(OC(=O)CCCCl)c1)C(O)c1ccccc1.[Cl-]. The first-order valence-corrected chi connectivity index (χ1v) is 10.0. The lowest BCUT2D eigenvalue weighted by Gasteiger charge is -2.17. The van der Waals surface area contributed by atoms with Crippen LogP contribution in [0.4, 0.5) is 0 Å². The summed E-state index contributed by atoms with van der Waals surface area (Å²) in [6.45, 7) is 2.49. The highest BCUT2D eigenvalue weighted by atomic mass is 35.5. The van der Waals surface area contributed by atoms with Crippen molar-refractivity contribution in [3.63, 3.8) is 0 Å². The van der Waals surface area contributed by atoms with Gasteiger partial charge in [-0.2, -0.15) is 0 Å². The molecule has 7 heteroatoms. The average Bonchev–Trinajstić information content (AvgIpc) is 2.72. The summed E-state index contributed by atoms with van der Waals surface area (Å²) in [6.07, 6.45) is 0.544. The van der Waals surface area contributed by atoms with E-state index in [1.807, 2.05) is 42.6 Å². The first-order chi connectivity index (χ1) is 13.5. The van der Waals surface area contributed by atoms with E-state index in [1.54, 1.807) is 24.3 Å². The van der Waals surface area contributed by atoms with Crippen LogP contribution in [-0.2, 0) is 4.79 Å². The summed E-state index contributed by atoms with van der Waals surface area (Å²) >= 11 is 5.57. The molecule has 0 heterocycles. The van der Waals surface area contributed by atoms with E-state index in [-0.39, 0.29) is 36.6 Å². The third kappa shape index (κ3) is 8.54. The predicted molar refractivity (Wildman–Crippen MR) is 109 cm³/mol. The molecular formula is C22H27Cl2NO4. The van der Waals surface area contributed by atoms with Gasteiger partial charge < -0.3 is 27.6 Å². The molecule has 2 unspecified atom stereocenters. The molecular weight excluding hydrogens is 413 g/mol. The number of nitrogens with two attached hydrogens (primary N) is 1. The number of carbonyl (C=O) groups is 2. The molecule has 0 amide bonds. The van der Waals surface area contributed by atoms with Gasteiger partial charge in [0.15, 0.2) is 5.78 Å². The molecule has 0 saturated carbocycles. The average molecular weight is 440 g/mol. The van der Waals surface area contributed by atoms with Gasteiger partial charge in [0.2, 0.25) is 0 Å². The van der Waals surface area contributed by atoms with Crippen molar-refractivity contribution >= 4 is 23.4 Å². The number of Topliss-reactive ketones (excluding diaryl/α,β-unsaturated/α-hetero) is 1. The number of rotatable bonds is 11. The van der Waals surface area contributed by atoms with Gasteiger partial charge >= 0.3 is 5.97 Å². The molecule has 0 aliphatic carbocycles. The van der Waals surface area contributed by atoms with Crippen LogP contribution in [0, 0.1) is 0 Å². The molecule has 29 heavy (non-hydrogen) atoms. The number of ketones is 1. The molecule has 0 aromatic heterocycles. The molecule has 3 N–H and O–H groups in total. The van der Waals surface area contributed by atoms with Crippen molar-refractivity contribution in [3.05, 3.63) is 65.7 Å². The van der Waals surface area contributed by atoms with E-state index in [1.165, 1.54) is 0 Å². The molecule has 2 aromatic rings. The van der Waals surface area contributed by atoms with Gasteiger partial charge in [0, 0.05) is 17.9 Å². The van der Waals surface area contributed by atoms with Crippen LogP contribution in [0.15, 0.2) is 54.6 Å². The van der Waals surface area contributed by atoms with E-state index in [9.17, 15) is 14.7 Å². The Morgan fingerprint density at radius 1 is 1.10 bits per heavy atom. The Hall–Kier alpha value is -1.92. The van der Waals surface area contributed by atoms with Crippen molar-refractivity contribution in [2.75, 3.05) is 12.4 Å². The molecule has 2 atom stereocenters. The van der Waals surface area contributed by atoms with Gasteiger partial charge in [-0.3, -0.25) is 9.59 Å². The third-order valence-electron chi connectivity index (χ3n) is 4.45. The Bertz CT molecular complexity index is 770. The number of halogens is 2. The quantitative estimate of drug-likeness (QED) is 0.221. The molecule has 158 valence electrons. The minimum atomic E-state index is -0.591. The molecule has 0 saturated heterocycles. The second-order valence-corrected chi connectivity index (χ2v) is 7.08. The fraction of sp³-hybridized carbons (Fsp3) is 0.364. The number of hydrogen-bond acceptors (Lipinski definition) is 4. The lowest BCUT2D eigenvalue weighted by molar-refractivity contribution is -0.693.